The number of amides is 1. The largest absolute Gasteiger partial charge is 0.375 e. The highest BCUT2D eigenvalue weighted by atomic mass is 32.1. The van der Waals surface area contributed by atoms with Crippen molar-refractivity contribution in [2.45, 2.75) is 6.42 Å². The molecule has 0 spiro atoms. The third-order valence-electron chi connectivity index (χ3n) is 2.10. The van der Waals surface area contributed by atoms with Gasteiger partial charge in [-0.3, -0.25) is 4.79 Å². The molecule has 0 saturated carbocycles. The van der Waals surface area contributed by atoms with Crippen LogP contribution in [0.5, 0.6) is 0 Å². The van der Waals surface area contributed by atoms with E-state index in [1.54, 1.807) is 0 Å². The Morgan fingerprint density at radius 2 is 2.00 bits per heavy atom. The molecule has 0 aliphatic rings. The lowest BCUT2D eigenvalue weighted by Crippen LogP contribution is -2.13. The molecule has 4 N–H and O–H groups in total. The maximum Gasteiger partial charge on any atom is 0.222 e. The van der Waals surface area contributed by atoms with Crippen LogP contribution in [0.1, 0.15) is 4.88 Å². The first-order valence-corrected chi connectivity index (χ1v) is 5.57. The highest BCUT2D eigenvalue weighted by molar-refractivity contribution is 7.15. The Labute approximate surface area is 96.9 Å². The van der Waals surface area contributed by atoms with E-state index in [1.807, 2.05) is 30.3 Å². The van der Waals surface area contributed by atoms with E-state index in [-0.39, 0.29) is 12.3 Å². The van der Waals surface area contributed by atoms with Crippen molar-refractivity contribution >= 4 is 22.4 Å². The maximum absolute atomic E-state index is 10.9. The van der Waals surface area contributed by atoms with Gasteiger partial charge in [0.2, 0.25) is 5.91 Å². The number of hydrogen-bond donors (Lipinski definition) is 2. The highest BCUT2D eigenvalue weighted by Crippen LogP contribution is 2.29. The molecule has 1 aromatic heterocycles. The van der Waals surface area contributed by atoms with E-state index in [1.165, 1.54) is 11.3 Å². The van der Waals surface area contributed by atoms with Gasteiger partial charge < -0.3 is 11.5 Å². The first-order chi connectivity index (χ1) is 7.66. The average Bonchev–Trinajstić information content (AvgIpc) is 2.60. The predicted molar refractivity (Wildman–Crippen MR) is 64.9 cm³/mol. The van der Waals surface area contributed by atoms with Crippen LogP contribution >= 0.6 is 11.3 Å². The number of nitrogens with two attached hydrogens (primary N) is 2. The Morgan fingerprint density at radius 3 is 2.62 bits per heavy atom. The normalized spacial score (nSPS) is 10.2. The topological polar surface area (TPSA) is 82.0 Å². The number of aromatic nitrogens is 1. The summed E-state index contributed by atoms with van der Waals surface area (Å²) in [6, 6.07) is 9.61. The number of carbonyl (C=O) groups is 1. The Hall–Kier alpha value is -1.88. The van der Waals surface area contributed by atoms with Crippen LogP contribution in [0.2, 0.25) is 0 Å². The first kappa shape index (κ1) is 10.6. The summed E-state index contributed by atoms with van der Waals surface area (Å²) in [4.78, 5) is 16.0. The lowest BCUT2D eigenvalue weighted by atomic mass is 10.1. The van der Waals surface area contributed by atoms with Crippen LogP contribution in [0.25, 0.3) is 11.3 Å². The Morgan fingerprint density at radius 1 is 1.31 bits per heavy atom. The van der Waals surface area contributed by atoms with Gasteiger partial charge >= 0.3 is 0 Å². The SMILES string of the molecule is NC(=O)Cc1sc(N)nc1-c1ccccc1. The summed E-state index contributed by atoms with van der Waals surface area (Å²) in [6.07, 6.45) is 0.180. The molecule has 0 radical (unpaired) electrons. The summed E-state index contributed by atoms with van der Waals surface area (Å²) in [5.74, 6) is -0.374. The highest BCUT2D eigenvalue weighted by Gasteiger charge is 2.13. The molecule has 0 unspecified atom stereocenters. The summed E-state index contributed by atoms with van der Waals surface area (Å²) >= 11 is 1.30. The van der Waals surface area contributed by atoms with Crippen LogP contribution in [-0.2, 0) is 11.2 Å². The van der Waals surface area contributed by atoms with Gasteiger partial charge in [0.05, 0.1) is 12.1 Å². The van der Waals surface area contributed by atoms with E-state index in [0.29, 0.717) is 5.13 Å². The molecule has 16 heavy (non-hydrogen) atoms. The van der Waals surface area contributed by atoms with Crippen molar-refractivity contribution in [1.29, 1.82) is 0 Å². The molecule has 0 aliphatic carbocycles. The van der Waals surface area contributed by atoms with E-state index in [9.17, 15) is 4.79 Å². The number of anilines is 1. The van der Waals surface area contributed by atoms with Crippen LogP contribution in [0.15, 0.2) is 30.3 Å². The number of primary amides is 1. The van der Waals surface area contributed by atoms with Crippen molar-refractivity contribution in [2.24, 2.45) is 5.73 Å². The molecule has 0 atom stereocenters. The summed E-state index contributed by atoms with van der Waals surface area (Å²) in [5.41, 5.74) is 12.5. The zero-order valence-corrected chi connectivity index (χ0v) is 9.33. The number of rotatable bonds is 3. The van der Waals surface area contributed by atoms with Gasteiger partial charge in [0, 0.05) is 10.4 Å². The zero-order valence-electron chi connectivity index (χ0n) is 8.51. The van der Waals surface area contributed by atoms with Crippen molar-refractivity contribution in [2.75, 3.05) is 5.73 Å². The Bertz CT molecular complexity index is 507. The summed E-state index contributed by atoms with van der Waals surface area (Å²) in [7, 11) is 0. The second-order valence-corrected chi connectivity index (χ2v) is 4.45. The van der Waals surface area contributed by atoms with Gasteiger partial charge in [-0.1, -0.05) is 30.3 Å². The van der Waals surface area contributed by atoms with Crippen LogP contribution in [0.4, 0.5) is 5.13 Å². The van der Waals surface area contributed by atoms with Crippen molar-refractivity contribution in [1.82, 2.24) is 4.98 Å². The molecule has 0 fully saturated rings. The number of carbonyl (C=O) groups excluding carboxylic acids is 1. The predicted octanol–water partition coefficient (Wildman–Crippen LogP) is 1.42. The van der Waals surface area contributed by atoms with Crippen molar-refractivity contribution in [3.8, 4) is 11.3 Å². The van der Waals surface area contributed by atoms with Gasteiger partial charge in [0.1, 0.15) is 0 Å². The van der Waals surface area contributed by atoms with E-state index < -0.39 is 0 Å². The van der Waals surface area contributed by atoms with E-state index in [4.69, 9.17) is 11.5 Å². The van der Waals surface area contributed by atoms with E-state index in [2.05, 4.69) is 4.98 Å². The molecule has 0 bridgehead atoms. The smallest absolute Gasteiger partial charge is 0.222 e. The van der Waals surface area contributed by atoms with Gasteiger partial charge in [0.25, 0.3) is 0 Å². The van der Waals surface area contributed by atoms with Crippen LogP contribution in [0.3, 0.4) is 0 Å². The average molecular weight is 233 g/mol. The Kier molecular flexibility index (Phi) is 2.87. The minimum absolute atomic E-state index is 0.180. The first-order valence-electron chi connectivity index (χ1n) is 4.75. The van der Waals surface area contributed by atoms with Crippen LogP contribution < -0.4 is 11.5 Å². The molecule has 1 amide bonds. The van der Waals surface area contributed by atoms with Crippen molar-refractivity contribution in [3.63, 3.8) is 0 Å². The second kappa shape index (κ2) is 4.32. The fourth-order valence-corrected chi connectivity index (χ4v) is 2.33. The number of hydrogen-bond acceptors (Lipinski definition) is 4. The minimum Gasteiger partial charge on any atom is -0.375 e. The van der Waals surface area contributed by atoms with Gasteiger partial charge in [-0.05, 0) is 0 Å². The van der Waals surface area contributed by atoms with Crippen molar-refractivity contribution in [3.05, 3.63) is 35.2 Å². The number of nitrogens with zero attached hydrogens (tertiary/aromatic N) is 1. The number of benzene rings is 1. The third kappa shape index (κ3) is 2.20. The van der Waals surface area contributed by atoms with Crippen LogP contribution in [0, 0.1) is 0 Å². The summed E-state index contributed by atoms with van der Waals surface area (Å²) < 4.78 is 0. The lowest BCUT2D eigenvalue weighted by molar-refractivity contribution is -0.117. The number of thiazole rings is 1. The summed E-state index contributed by atoms with van der Waals surface area (Å²) in [5, 5.41) is 0.454. The van der Waals surface area contributed by atoms with E-state index in [0.717, 1.165) is 16.1 Å². The lowest BCUT2D eigenvalue weighted by Gasteiger charge is -1.99. The molecule has 2 aromatic rings. The molecule has 4 nitrogen and oxygen atoms in total. The van der Waals surface area contributed by atoms with Gasteiger partial charge in [0.15, 0.2) is 5.13 Å². The van der Waals surface area contributed by atoms with Crippen molar-refractivity contribution < 1.29 is 4.79 Å². The molecule has 1 heterocycles. The number of nitrogen functional groups attached to an aromatic ring is 1. The van der Waals surface area contributed by atoms with E-state index >= 15 is 0 Å². The Balaban J connectivity index is 2.44. The molecule has 2 rings (SSSR count). The molecular formula is C11H11N3OS. The standard InChI is InChI=1S/C11H11N3OS/c12-9(15)6-8-10(14-11(13)16-8)7-4-2-1-3-5-7/h1-5H,6H2,(H2,12,15)(H2,13,14). The molecule has 0 saturated heterocycles. The third-order valence-corrected chi connectivity index (χ3v) is 2.98. The quantitative estimate of drug-likeness (QED) is 0.841. The summed E-state index contributed by atoms with van der Waals surface area (Å²) in [6.45, 7) is 0. The van der Waals surface area contributed by atoms with Crippen LogP contribution in [-0.4, -0.2) is 10.9 Å². The van der Waals surface area contributed by atoms with Gasteiger partial charge in [-0.15, -0.1) is 11.3 Å². The monoisotopic (exact) mass is 233 g/mol. The zero-order chi connectivity index (χ0) is 11.5. The minimum atomic E-state index is -0.374. The fourth-order valence-electron chi connectivity index (χ4n) is 1.47. The maximum atomic E-state index is 10.9. The molecule has 5 heteroatoms. The fraction of sp³-hybridized carbons (Fsp3) is 0.0909. The van der Waals surface area contributed by atoms with Gasteiger partial charge in [-0.2, -0.15) is 0 Å². The molecule has 1 aromatic carbocycles. The molecular weight excluding hydrogens is 222 g/mol. The molecule has 0 aliphatic heterocycles. The van der Waals surface area contributed by atoms with Gasteiger partial charge in [-0.25, -0.2) is 4.98 Å². The molecule has 82 valence electrons. The second-order valence-electron chi connectivity index (χ2n) is 3.33.